The van der Waals surface area contributed by atoms with Gasteiger partial charge < -0.3 is 15.6 Å². The highest BCUT2D eigenvalue weighted by Crippen LogP contribution is 2.21. The number of carboxylic acids is 1. The number of aryl methyl sites for hydroxylation is 3. The number of carbonyl (C=O) groups is 1. The number of hydrogen-bond donors (Lipinski definition) is 3. The van der Waals surface area contributed by atoms with Gasteiger partial charge in [-0.05, 0) is 55.2 Å². The van der Waals surface area contributed by atoms with Crippen molar-refractivity contribution in [3.8, 4) is 5.75 Å². The molecular formula is C26H29N3O5S. The van der Waals surface area contributed by atoms with Crippen molar-refractivity contribution in [3.05, 3.63) is 94.5 Å². The topological polar surface area (TPSA) is 131 Å². The summed E-state index contributed by atoms with van der Waals surface area (Å²) in [4.78, 5) is 15.8. The van der Waals surface area contributed by atoms with Crippen LogP contribution in [0.1, 0.15) is 27.8 Å². The van der Waals surface area contributed by atoms with Gasteiger partial charge in [0.2, 0.25) is 5.96 Å². The molecule has 3 aromatic carbocycles. The molecule has 35 heavy (non-hydrogen) atoms. The third-order valence-corrected chi connectivity index (χ3v) is 6.95. The van der Waals surface area contributed by atoms with E-state index in [0.717, 1.165) is 11.1 Å². The first-order valence-electron chi connectivity index (χ1n) is 11.0. The fourth-order valence-corrected chi connectivity index (χ4v) is 5.24. The first kappa shape index (κ1) is 25.8. The second-order valence-electron chi connectivity index (χ2n) is 8.32. The molecular weight excluding hydrogens is 466 g/mol. The van der Waals surface area contributed by atoms with Gasteiger partial charge in [0.15, 0.2) is 6.04 Å². The zero-order chi connectivity index (χ0) is 25.6. The Hall–Kier alpha value is -3.85. The Labute approximate surface area is 205 Å². The van der Waals surface area contributed by atoms with Gasteiger partial charge in [-0.25, -0.2) is 22.9 Å². The number of nitrogens with zero attached hydrogens (tertiary/aromatic N) is 1. The summed E-state index contributed by atoms with van der Waals surface area (Å²) in [6, 6.07) is 18.9. The third kappa shape index (κ3) is 7.07. The van der Waals surface area contributed by atoms with Crippen molar-refractivity contribution in [3.63, 3.8) is 0 Å². The van der Waals surface area contributed by atoms with E-state index in [1.165, 1.54) is 0 Å². The number of carboxylic acid groups (broad SMARTS) is 1. The molecule has 3 rings (SSSR count). The fourth-order valence-electron chi connectivity index (χ4n) is 3.85. The minimum absolute atomic E-state index is 0.0271. The van der Waals surface area contributed by atoms with Crippen molar-refractivity contribution < 1.29 is 23.1 Å². The normalized spacial score (nSPS) is 12.7. The van der Waals surface area contributed by atoms with E-state index >= 15 is 0 Å². The Bertz CT molecular complexity index is 1300. The highest BCUT2D eigenvalue weighted by molar-refractivity contribution is 7.90. The number of nitrogens with two attached hydrogens (primary N) is 1. The predicted octanol–water partition coefficient (Wildman–Crippen LogP) is 3.48. The van der Waals surface area contributed by atoms with E-state index in [1.54, 1.807) is 50.2 Å². The van der Waals surface area contributed by atoms with Gasteiger partial charge in [-0.15, -0.1) is 0 Å². The molecule has 1 atom stereocenters. The largest absolute Gasteiger partial charge is 0.489 e. The summed E-state index contributed by atoms with van der Waals surface area (Å²) in [5.41, 5.74) is 9.59. The number of nitrogens with one attached hydrogen (secondary N) is 1. The number of benzene rings is 3. The van der Waals surface area contributed by atoms with Crippen LogP contribution >= 0.6 is 0 Å². The van der Waals surface area contributed by atoms with Crippen LogP contribution in [0.5, 0.6) is 5.75 Å². The van der Waals surface area contributed by atoms with Gasteiger partial charge >= 0.3 is 5.97 Å². The molecule has 0 saturated carbocycles. The van der Waals surface area contributed by atoms with Gasteiger partial charge in [0.1, 0.15) is 12.4 Å². The maximum atomic E-state index is 12.9. The summed E-state index contributed by atoms with van der Waals surface area (Å²) in [5, 5.41) is 9.62. The van der Waals surface area contributed by atoms with E-state index < -0.39 is 28.0 Å². The lowest BCUT2D eigenvalue weighted by atomic mass is 10.1. The van der Waals surface area contributed by atoms with Crippen LogP contribution in [0.4, 0.5) is 0 Å². The summed E-state index contributed by atoms with van der Waals surface area (Å²) in [6.45, 7) is 5.67. The Balaban J connectivity index is 1.69. The number of rotatable bonds is 9. The van der Waals surface area contributed by atoms with Crippen molar-refractivity contribution in [2.24, 2.45) is 10.7 Å². The third-order valence-electron chi connectivity index (χ3n) is 5.29. The minimum Gasteiger partial charge on any atom is -0.489 e. The van der Waals surface area contributed by atoms with Gasteiger partial charge in [0.25, 0.3) is 10.0 Å². The van der Waals surface area contributed by atoms with Crippen molar-refractivity contribution >= 4 is 22.0 Å². The molecule has 4 N–H and O–H groups in total. The van der Waals surface area contributed by atoms with E-state index in [2.05, 4.69) is 9.71 Å². The number of aliphatic imine (C=N–C) groups is 1. The lowest BCUT2D eigenvalue weighted by Crippen LogP contribution is -2.39. The summed E-state index contributed by atoms with van der Waals surface area (Å²) >= 11 is 0. The van der Waals surface area contributed by atoms with E-state index in [0.29, 0.717) is 29.0 Å². The molecule has 0 spiro atoms. The zero-order valence-corrected chi connectivity index (χ0v) is 20.7. The summed E-state index contributed by atoms with van der Waals surface area (Å²) in [6.07, 6.45) is 0.0271. The van der Waals surface area contributed by atoms with E-state index in [-0.39, 0.29) is 11.3 Å². The van der Waals surface area contributed by atoms with Crippen LogP contribution in [0, 0.1) is 20.8 Å². The van der Waals surface area contributed by atoms with E-state index in [4.69, 9.17) is 10.5 Å². The molecule has 0 bridgehead atoms. The van der Waals surface area contributed by atoms with Gasteiger partial charge in [-0.2, -0.15) is 0 Å². The molecule has 0 aliphatic rings. The minimum atomic E-state index is -4.03. The van der Waals surface area contributed by atoms with Crippen LogP contribution in [0.15, 0.2) is 76.6 Å². The molecule has 8 nitrogen and oxygen atoms in total. The summed E-state index contributed by atoms with van der Waals surface area (Å²) < 4.78 is 33.7. The maximum Gasteiger partial charge on any atom is 0.328 e. The molecule has 0 saturated heterocycles. The molecule has 184 valence electrons. The van der Waals surface area contributed by atoms with Crippen molar-refractivity contribution in [2.45, 2.75) is 44.7 Å². The van der Waals surface area contributed by atoms with Crippen molar-refractivity contribution in [2.75, 3.05) is 0 Å². The van der Waals surface area contributed by atoms with E-state index in [1.807, 2.05) is 37.3 Å². The maximum absolute atomic E-state index is 12.9. The summed E-state index contributed by atoms with van der Waals surface area (Å²) in [7, 11) is -4.03. The van der Waals surface area contributed by atoms with Crippen LogP contribution in [0.25, 0.3) is 0 Å². The zero-order valence-electron chi connectivity index (χ0n) is 19.9. The van der Waals surface area contributed by atoms with Crippen LogP contribution in [-0.4, -0.2) is 31.5 Å². The number of ether oxygens (including phenoxy) is 1. The molecule has 0 aliphatic carbocycles. The fraction of sp³-hybridized carbons (Fsp3) is 0.231. The first-order valence-corrected chi connectivity index (χ1v) is 12.5. The van der Waals surface area contributed by atoms with Gasteiger partial charge in [-0.1, -0.05) is 60.2 Å². The molecule has 0 fully saturated rings. The average Bonchev–Trinajstić information content (AvgIpc) is 2.77. The lowest BCUT2D eigenvalue weighted by Gasteiger charge is -2.15. The quantitative estimate of drug-likeness (QED) is 0.308. The molecule has 0 radical (unpaired) electrons. The molecule has 9 heteroatoms. The van der Waals surface area contributed by atoms with Crippen molar-refractivity contribution in [1.29, 1.82) is 0 Å². The Morgan fingerprint density at radius 2 is 1.60 bits per heavy atom. The highest BCUT2D eigenvalue weighted by atomic mass is 32.2. The Morgan fingerprint density at radius 3 is 2.17 bits per heavy atom. The Kier molecular flexibility index (Phi) is 8.14. The number of hydrogen-bond acceptors (Lipinski definition) is 5. The van der Waals surface area contributed by atoms with Crippen LogP contribution in [0.2, 0.25) is 0 Å². The molecule has 0 aliphatic heterocycles. The molecule has 0 heterocycles. The van der Waals surface area contributed by atoms with Crippen LogP contribution < -0.4 is 15.2 Å². The SMILES string of the molecule is Cc1cc(C)c(S(=O)(=O)NC(N)=N[C@@H](Cc2ccc(OCc3ccccc3)cc2)C(=O)O)c(C)c1. The molecule has 0 unspecified atom stereocenters. The smallest absolute Gasteiger partial charge is 0.328 e. The Morgan fingerprint density at radius 1 is 1.00 bits per heavy atom. The van der Waals surface area contributed by atoms with Gasteiger partial charge in [0, 0.05) is 6.42 Å². The lowest BCUT2D eigenvalue weighted by molar-refractivity contribution is -0.138. The van der Waals surface area contributed by atoms with Gasteiger partial charge in [0.05, 0.1) is 4.90 Å². The number of guanidine groups is 1. The predicted molar refractivity (Wildman–Crippen MR) is 135 cm³/mol. The second-order valence-corrected chi connectivity index (χ2v) is 9.94. The standard InChI is InChI=1S/C26H29N3O5S/c1-17-13-18(2)24(19(3)14-17)35(32,33)29-26(27)28-23(25(30)31)15-20-9-11-22(12-10-20)34-16-21-7-5-4-6-8-21/h4-14,23H,15-16H2,1-3H3,(H,30,31)(H3,27,28,29)/t23-/m0/s1. The first-order chi connectivity index (χ1) is 16.5. The molecule has 3 aromatic rings. The second kappa shape index (κ2) is 11.1. The highest BCUT2D eigenvalue weighted by Gasteiger charge is 2.23. The molecule has 0 aromatic heterocycles. The summed E-state index contributed by atoms with van der Waals surface area (Å²) in [5.74, 6) is -1.07. The monoisotopic (exact) mass is 495 g/mol. The number of aliphatic carboxylic acids is 1. The van der Waals surface area contributed by atoms with E-state index in [9.17, 15) is 18.3 Å². The van der Waals surface area contributed by atoms with Gasteiger partial charge in [-0.3, -0.25) is 0 Å². The van der Waals surface area contributed by atoms with Crippen molar-refractivity contribution in [1.82, 2.24) is 4.72 Å². The molecule has 0 amide bonds. The van der Waals surface area contributed by atoms with Crippen LogP contribution in [-0.2, 0) is 27.8 Å². The average molecular weight is 496 g/mol. The number of sulfonamides is 1. The van der Waals surface area contributed by atoms with Crippen LogP contribution in [0.3, 0.4) is 0 Å².